The van der Waals surface area contributed by atoms with Crippen LogP contribution in [0.4, 0.5) is 17.5 Å². The normalized spacial score (nSPS) is 14.7. The lowest BCUT2D eigenvalue weighted by Gasteiger charge is -2.21. The van der Waals surface area contributed by atoms with Gasteiger partial charge in [0.2, 0.25) is 5.95 Å². The fraction of sp³-hybridized carbons (Fsp3) is 0.286. The molecule has 1 aliphatic rings. The van der Waals surface area contributed by atoms with Crippen LogP contribution in [0.2, 0.25) is 0 Å². The molecule has 7 nitrogen and oxygen atoms in total. The van der Waals surface area contributed by atoms with Crippen LogP contribution >= 0.6 is 0 Å². The van der Waals surface area contributed by atoms with E-state index in [1.165, 1.54) is 0 Å². The Labute approximate surface area is 164 Å². The number of anilines is 3. The first-order valence-corrected chi connectivity index (χ1v) is 9.53. The minimum Gasteiger partial charge on any atom is -0.497 e. The highest BCUT2D eigenvalue weighted by Gasteiger charge is 2.24. The second-order valence-electron chi connectivity index (χ2n) is 6.66. The quantitative estimate of drug-likeness (QED) is 0.553. The Bertz CT molecular complexity index is 961. The largest absolute Gasteiger partial charge is 0.497 e. The highest BCUT2D eigenvalue weighted by atomic mass is 16.5. The maximum absolute atomic E-state index is 5.39. The third-order valence-corrected chi connectivity index (χ3v) is 4.69. The average molecular weight is 376 g/mol. The molecule has 28 heavy (non-hydrogen) atoms. The Morgan fingerprint density at radius 2 is 1.96 bits per heavy atom. The van der Waals surface area contributed by atoms with Crippen LogP contribution < -0.4 is 20.7 Å². The molecule has 3 aromatic rings. The van der Waals surface area contributed by atoms with Crippen molar-refractivity contribution >= 4 is 17.5 Å². The summed E-state index contributed by atoms with van der Waals surface area (Å²) < 4.78 is 5.39. The molecular weight excluding hydrogens is 352 g/mol. The summed E-state index contributed by atoms with van der Waals surface area (Å²) in [5.41, 5.74) is 3.72. The molecular formula is C21H24N6O. The van der Waals surface area contributed by atoms with E-state index in [0.717, 1.165) is 47.6 Å². The number of para-hydroxylation sites is 1. The second kappa shape index (κ2) is 8.12. The fourth-order valence-corrected chi connectivity index (χ4v) is 3.19. The standard InChI is InChI=1S/C21H24N6O/c1-3-4-12-22-21-25-20-18(26-27-21)16-10-5-6-11-17(16)23-19(24-20)14-8-7-9-15(13-14)28-2/h5-11,13,19,23H,3-4,12H2,1-2H3,(H2,22,24,25,27). The molecule has 144 valence electrons. The summed E-state index contributed by atoms with van der Waals surface area (Å²) in [5, 5.41) is 19.0. The van der Waals surface area contributed by atoms with E-state index in [0.29, 0.717) is 11.8 Å². The number of hydrogen-bond acceptors (Lipinski definition) is 7. The van der Waals surface area contributed by atoms with Crippen LogP contribution in [0.1, 0.15) is 31.5 Å². The smallest absolute Gasteiger partial charge is 0.244 e. The summed E-state index contributed by atoms with van der Waals surface area (Å²) in [7, 11) is 1.67. The highest BCUT2D eigenvalue weighted by molar-refractivity contribution is 5.84. The molecule has 1 unspecified atom stereocenters. The molecule has 3 N–H and O–H groups in total. The fourth-order valence-electron chi connectivity index (χ4n) is 3.19. The Morgan fingerprint density at radius 3 is 2.82 bits per heavy atom. The monoisotopic (exact) mass is 376 g/mol. The van der Waals surface area contributed by atoms with Crippen LogP contribution in [-0.4, -0.2) is 28.8 Å². The van der Waals surface area contributed by atoms with Gasteiger partial charge in [0.15, 0.2) is 5.82 Å². The number of nitrogens with one attached hydrogen (secondary N) is 3. The second-order valence-corrected chi connectivity index (χ2v) is 6.66. The minimum absolute atomic E-state index is 0.183. The van der Waals surface area contributed by atoms with E-state index in [2.05, 4.69) is 39.1 Å². The van der Waals surface area contributed by atoms with Crippen molar-refractivity contribution in [2.45, 2.75) is 25.9 Å². The SMILES string of the molecule is CCCCNc1nnc2c(n1)NC(c1cccc(OC)c1)Nc1ccccc1-2. The number of unbranched alkanes of at least 4 members (excludes halogenated alkanes) is 1. The number of aromatic nitrogens is 3. The molecule has 0 aliphatic carbocycles. The molecule has 0 saturated heterocycles. The van der Waals surface area contributed by atoms with E-state index in [1.54, 1.807) is 7.11 Å². The predicted octanol–water partition coefficient (Wildman–Crippen LogP) is 4.30. The molecule has 1 aliphatic heterocycles. The van der Waals surface area contributed by atoms with Gasteiger partial charge in [-0.15, -0.1) is 10.2 Å². The first-order valence-electron chi connectivity index (χ1n) is 9.53. The van der Waals surface area contributed by atoms with Gasteiger partial charge in [-0.2, -0.15) is 4.98 Å². The molecule has 1 aromatic heterocycles. The topological polar surface area (TPSA) is 84.0 Å². The zero-order valence-corrected chi connectivity index (χ0v) is 16.1. The van der Waals surface area contributed by atoms with Gasteiger partial charge < -0.3 is 20.7 Å². The predicted molar refractivity (Wildman–Crippen MR) is 112 cm³/mol. The summed E-state index contributed by atoms with van der Waals surface area (Å²) in [6.07, 6.45) is 1.99. The van der Waals surface area contributed by atoms with Crippen molar-refractivity contribution in [3.8, 4) is 17.0 Å². The molecule has 2 aromatic carbocycles. The Balaban J connectivity index is 1.73. The highest BCUT2D eigenvalue weighted by Crippen LogP contribution is 2.37. The van der Waals surface area contributed by atoms with Gasteiger partial charge in [-0.05, 0) is 30.2 Å². The Kier molecular flexibility index (Phi) is 5.23. The van der Waals surface area contributed by atoms with Gasteiger partial charge in [0.1, 0.15) is 17.6 Å². The molecule has 1 atom stereocenters. The number of benzene rings is 2. The first kappa shape index (κ1) is 18.0. The lowest BCUT2D eigenvalue weighted by molar-refractivity contribution is 0.414. The summed E-state index contributed by atoms with van der Waals surface area (Å²) in [6.45, 7) is 2.98. The van der Waals surface area contributed by atoms with Crippen molar-refractivity contribution in [3.05, 3.63) is 54.1 Å². The number of methoxy groups -OCH3 is 1. The van der Waals surface area contributed by atoms with Gasteiger partial charge in [-0.25, -0.2) is 0 Å². The van der Waals surface area contributed by atoms with Crippen LogP contribution in [-0.2, 0) is 0 Å². The van der Waals surface area contributed by atoms with Crippen molar-refractivity contribution in [3.63, 3.8) is 0 Å². The summed E-state index contributed by atoms with van der Waals surface area (Å²) in [5.74, 6) is 2.03. The average Bonchev–Trinajstić information content (AvgIpc) is 2.90. The van der Waals surface area contributed by atoms with Crippen molar-refractivity contribution in [2.75, 3.05) is 29.6 Å². The number of ether oxygens (including phenoxy) is 1. The van der Waals surface area contributed by atoms with E-state index in [-0.39, 0.29) is 6.17 Å². The molecule has 0 amide bonds. The molecule has 0 spiro atoms. The summed E-state index contributed by atoms with van der Waals surface area (Å²) in [4.78, 5) is 4.70. The van der Waals surface area contributed by atoms with Crippen LogP contribution in [0.15, 0.2) is 48.5 Å². The van der Waals surface area contributed by atoms with Crippen LogP contribution in [0, 0.1) is 0 Å². The van der Waals surface area contributed by atoms with Gasteiger partial charge in [-0.3, -0.25) is 0 Å². The molecule has 4 rings (SSSR count). The van der Waals surface area contributed by atoms with Crippen molar-refractivity contribution < 1.29 is 4.74 Å². The zero-order valence-electron chi connectivity index (χ0n) is 16.1. The molecule has 0 radical (unpaired) electrons. The van der Waals surface area contributed by atoms with Gasteiger partial charge in [0.05, 0.1) is 7.11 Å². The zero-order chi connectivity index (χ0) is 19.3. The summed E-state index contributed by atoms with van der Waals surface area (Å²) in [6, 6.07) is 16.0. The maximum atomic E-state index is 5.39. The molecule has 0 saturated carbocycles. The van der Waals surface area contributed by atoms with Crippen molar-refractivity contribution in [1.82, 2.24) is 15.2 Å². The van der Waals surface area contributed by atoms with Gasteiger partial charge in [0.25, 0.3) is 0 Å². The number of nitrogens with zero attached hydrogens (tertiary/aromatic N) is 3. The van der Waals surface area contributed by atoms with E-state index in [1.807, 2.05) is 42.5 Å². The Hall–Kier alpha value is -3.35. The Morgan fingerprint density at radius 1 is 1.07 bits per heavy atom. The van der Waals surface area contributed by atoms with E-state index >= 15 is 0 Å². The molecule has 0 fully saturated rings. The molecule has 7 heteroatoms. The maximum Gasteiger partial charge on any atom is 0.244 e. The third kappa shape index (κ3) is 3.69. The van der Waals surface area contributed by atoms with Crippen LogP contribution in [0.3, 0.4) is 0 Å². The lowest BCUT2D eigenvalue weighted by Crippen LogP contribution is -2.20. The van der Waals surface area contributed by atoms with Gasteiger partial charge in [0, 0.05) is 17.8 Å². The van der Waals surface area contributed by atoms with Crippen LogP contribution in [0.25, 0.3) is 11.3 Å². The van der Waals surface area contributed by atoms with E-state index in [4.69, 9.17) is 9.72 Å². The number of fused-ring (bicyclic) bond motifs is 3. The third-order valence-electron chi connectivity index (χ3n) is 4.69. The van der Waals surface area contributed by atoms with Gasteiger partial charge in [-0.1, -0.05) is 43.7 Å². The first-order chi connectivity index (χ1) is 13.8. The van der Waals surface area contributed by atoms with Crippen molar-refractivity contribution in [2.24, 2.45) is 0 Å². The number of rotatable bonds is 6. The minimum atomic E-state index is -0.183. The van der Waals surface area contributed by atoms with Crippen LogP contribution in [0.5, 0.6) is 5.75 Å². The van der Waals surface area contributed by atoms with Crippen molar-refractivity contribution in [1.29, 1.82) is 0 Å². The summed E-state index contributed by atoms with van der Waals surface area (Å²) >= 11 is 0. The molecule has 0 bridgehead atoms. The van der Waals surface area contributed by atoms with Gasteiger partial charge >= 0.3 is 0 Å². The number of hydrogen-bond donors (Lipinski definition) is 3. The lowest BCUT2D eigenvalue weighted by atomic mass is 10.1. The molecule has 2 heterocycles. The van der Waals surface area contributed by atoms with E-state index in [9.17, 15) is 0 Å². The van der Waals surface area contributed by atoms with E-state index < -0.39 is 0 Å².